The Morgan fingerprint density at radius 3 is 2.43 bits per heavy atom. The third-order valence-corrected chi connectivity index (χ3v) is 4.14. The van der Waals surface area contributed by atoms with Crippen LogP contribution < -0.4 is 5.32 Å². The smallest absolute Gasteiger partial charge is 0.126 e. The second-order valence-electron chi connectivity index (χ2n) is 5.39. The van der Waals surface area contributed by atoms with Crippen LogP contribution in [0.2, 0.25) is 0 Å². The molecule has 2 unspecified atom stereocenters. The number of hydrogen-bond acceptors (Lipinski definition) is 1. The van der Waals surface area contributed by atoms with Crippen molar-refractivity contribution in [3.05, 3.63) is 71.0 Å². The van der Waals surface area contributed by atoms with E-state index in [1.807, 2.05) is 0 Å². The van der Waals surface area contributed by atoms with Gasteiger partial charge in [0.2, 0.25) is 0 Å². The molecule has 1 heterocycles. The van der Waals surface area contributed by atoms with E-state index < -0.39 is 11.6 Å². The molecule has 4 heteroatoms. The first-order valence-electron chi connectivity index (χ1n) is 7.07. The van der Waals surface area contributed by atoms with Gasteiger partial charge >= 0.3 is 0 Å². The van der Waals surface area contributed by atoms with E-state index in [2.05, 4.69) is 5.32 Å². The normalized spacial score (nSPS) is 22.2. The summed E-state index contributed by atoms with van der Waals surface area (Å²) in [4.78, 5) is 0. The summed E-state index contributed by atoms with van der Waals surface area (Å²) in [6, 6.07) is 10.0. The molecule has 0 radical (unpaired) electrons. The van der Waals surface area contributed by atoms with Crippen LogP contribution in [0.25, 0.3) is 0 Å². The van der Waals surface area contributed by atoms with E-state index in [1.54, 1.807) is 18.2 Å². The van der Waals surface area contributed by atoms with Crippen molar-refractivity contribution in [3.63, 3.8) is 0 Å². The zero-order valence-corrected chi connectivity index (χ0v) is 11.5. The topological polar surface area (TPSA) is 12.0 Å². The summed E-state index contributed by atoms with van der Waals surface area (Å²) in [6.45, 7) is 1.27. The summed E-state index contributed by atoms with van der Waals surface area (Å²) in [5, 5.41) is 3.21. The van der Waals surface area contributed by atoms with Crippen LogP contribution in [0.15, 0.2) is 42.5 Å². The van der Waals surface area contributed by atoms with Gasteiger partial charge in [-0.2, -0.15) is 0 Å². The predicted molar refractivity (Wildman–Crippen MR) is 75.7 cm³/mol. The van der Waals surface area contributed by atoms with Gasteiger partial charge in [-0.05, 0) is 54.3 Å². The maximum Gasteiger partial charge on any atom is 0.126 e. The standard InChI is InChI=1S/C17H16F3N/c18-11-5-6-17(20)14(9-11)12-7-8-21-10-15(12)13-3-1-2-4-16(13)19/h1-6,9,12,15,21H,7-8,10H2. The molecule has 110 valence electrons. The highest BCUT2D eigenvalue weighted by Crippen LogP contribution is 2.39. The zero-order valence-electron chi connectivity index (χ0n) is 11.5. The van der Waals surface area contributed by atoms with Crippen molar-refractivity contribution in [2.75, 3.05) is 13.1 Å². The monoisotopic (exact) mass is 291 g/mol. The van der Waals surface area contributed by atoms with Gasteiger partial charge in [0, 0.05) is 12.5 Å². The quantitative estimate of drug-likeness (QED) is 0.883. The van der Waals surface area contributed by atoms with E-state index >= 15 is 0 Å². The van der Waals surface area contributed by atoms with Crippen molar-refractivity contribution in [1.82, 2.24) is 5.32 Å². The van der Waals surface area contributed by atoms with Gasteiger partial charge in [-0.25, -0.2) is 13.2 Å². The van der Waals surface area contributed by atoms with Gasteiger partial charge in [-0.1, -0.05) is 18.2 Å². The first-order chi connectivity index (χ1) is 10.2. The Bertz CT molecular complexity index is 642. The molecule has 1 aliphatic heterocycles. The van der Waals surface area contributed by atoms with Crippen LogP contribution in [-0.2, 0) is 0 Å². The Balaban J connectivity index is 2.02. The lowest BCUT2D eigenvalue weighted by molar-refractivity contribution is 0.382. The molecule has 1 aliphatic rings. The Labute approximate surface area is 121 Å². The molecule has 0 aliphatic carbocycles. The minimum atomic E-state index is -0.461. The average Bonchev–Trinajstić information content (AvgIpc) is 2.50. The van der Waals surface area contributed by atoms with Gasteiger partial charge in [-0.3, -0.25) is 0 Å². The fraction of sp³-hybridized carbons (Fsp3) is 0.294. The number of rotatable bonds is 2. The molecule has 1 N–H and O–H groups in total. The van der Waals surface area contributed by atoms with E-state index in [9.17, 15) is 13.2 Å². The molecule has 1 saturated heterocycles. The van der Waals surface area contributed by atoms with E-state index in [-0.39, 0.29) is 17.7 Å². The molecule has 0 bridgehead atoms. The fourth-order valence-electron chi connectivity index (χ4n) is 3.13. The molecule has 2 atom stereocenters. The van der Waals surface area contributed by atoms with Crippen LogP contribution in [0, 0.1) is 17.5 Å². The van der Waals surface area contributed by atoms with Crippen LogP contribution in [0.5, 0.6) is 0 Å². The minimum Gasteiger partial charge on any atom is -0.316 e. The van der Waals surface area contributed by atoms with Crippen LogP contribution in [-0.4, -0.2) is 13.1 Å². The number of halogens is 3. The Kier molecular flexibility index (Phi) is 3.97. The van der Waals surface area contributed by atoms with Crippen LogP contribution in [0.1, 0.15) is 29.4 Å². The average molecular weight is 291 g/mol. The van der Waals surface area contributed by atoms with Crippen molar-refractivity contribution >= 4 is 0 Å². The maximum atomic E-state index is 14.1. The van der Waals surface area contributed by atoms with E-state index in [0.29, 0.717) is 30.6 Å². The largest absolute Gasteiger partial charge is 0.316 e. The summed E-state index contributed by atoms with van der Waals surface area (Å²) in [5.41, 5.74) is 0.892. The Morgan fingerprint density at radius 2 is 1.62 bits per heavy atom. The van der Waals surface area contributed by atoms with Gasteiger partial charge in [0.1, 0.15) is 17.5 Å². The first kappa shape index (κ1) is 14.1. The molecule has 2 aromatic rings. The highest BCUT2D eigenvalue weighted by atomic mass is 19.1. The number of nitrogens with one attached hydrogen (secondary N) is 1. The van der Waals surface area contributed by atoms with Gasteiger partial charge in [0.25, 0.3) is 0 Å². The van der Waals surface area contributed by atoms with Gasteiger partial charge < -0.3 is 5.32 Å². The first-order valence-corrected chi connectivity index (χ1v) is 7.07. The molecule has 0 aromatic heterocycles. The predicted octanol–water partition coefficient (Wildman–Crippen LogP) is 3.96. The number of hydrogen-bond donors (Lipinski definition) is 1. The molecular formula is C17H16F3N. The summed E-state index contributed by atoms with van der Waals surface area (Å²) in [5.74, 6) is -1.61. The summed E-state index contributed by atoms with van der Waals surface area (Å²) < 4.78 is 41.6. The van der Waals surface area contributed by atoms with Crippen LogP contribution >= 0.6 is 0 Å². The SMILES string of the molecule is Fc1ccc(F)c(C2CCNCC2c2ccccc2F)c1. The summed E-state index contributed by atoms with van der Waals surface area (Å²) in [6.07, 6.45) is 0.652. The molecule has 0 saturated carbocycles. The lowest BCUT2D eigenvalue weighted by atomic mass is 9.77. The Hall–Kier alpha value is -1.81. The summed E-state index contributed by atoms with van der Waals surface area (Å²) in [7, 11) is 0. The molecule has 3 rings (SSSR count). The molecule has 1 fully saturated rings. The van der Waals surface area contributed by atoms with Crippen molar-refractivity contribution < 1.29 is 13.2 Å². The lowest BCUT2D eigenvalue weighted by Crippen LogP contribution is -2.34. The van der Waals surface area contributed by atoms with Crippen LogP contribution in [0.3, 0.4) is 0 Å². The van der Waals surface area contributed by atoms with E-state index in [0.717, 1.165) is 12.1 Å². The third kappa shape index (κ3) is 2.81. The van der Waals surface area contributed by atoms with Gasteiger partial charge in [0.15, 0.2) is 0 Å². The lowest BCUT2D eigenvalue weighted by Gasteiger charge is -2.33. The molecule has 1 nitrogen and oxygen atoms in total. The minimum absolute atomic E-state index is 0.198. The van der Waals surface area contributed by atoms with Crippen LogP contribution in [0.4, 0.5) is 13.2 Å². The molecule has 2 aromatic carbocycles. The molecule has 0 spiro atoms. The summed E-state index contributed by atoms with van der Waals surface area (Å²) >= 11 is 0. The van der Waals surface area contributed by atoms with Gasteiger partial charge in [0.05, 0.1) is 0 Å². The van der Waals surface area contributed by atoms with Crippen molar-refractivity contribution in [1.29, 1.82) is 0 Å². The Morgan fingerprint density at radius 1 is 0.857 bits per heavy atom. The van der Waals surface area contributed by atoms with Crippen molar-refractivity contribution in [2.45, 2.75) is 18.3 Å². The highest BCUT2D eigenvalue weighted by Gasteiger charge is 2.31. The van der Waals surface area contributed by atoms with E-state index in [4.69, 9.17) is 0 Å². The third-order valence-electron chi connectivity index (χ3n) is 4.14. The molecule has 0 amide bonds. The van der Waals surface area contributed by atoms with Crippen molar-refractivity contribution in [2.24, 2.45) is 0 Å². The van der Waals surface area contributed by atoms with Gasteiger partial charge in [-0.15, -0.1) is 0 Å². The zero-order chi connectivity index (χ0) is 14.8. The molecule has 21 heavy (non-hydrogen) atoms. The molecular weight excluding hydrogens is 275 g/mol. The highest BCUT2D eigenvalue weighted by molar-refractivity contribution is 5.32. The maximum absolute atomic E-state index is 14.1. The van der Waals surface area contributed by atoms with E-state index in [1.165, 1.54) is 12.1 Å². The van der Waals surface area contributed by atoms with Crippen molar-refractivity contribution in [3.8, 4) is 0 Å². The second-order valence-corrected chi connectivity index (χ2v) is 5.39. The fourth-order valence-corrected chi connectivity index (χ4v) is 3.13. The number of piperidine rings is 1. The second kappa shape index (κ2) is 5.90. The number of benzene rings is 2.